The quantitative estimate of drug-likeness (QED) is 0.493. The monoisotopic (exact) mass is 353 g/mol. The summed E-state index contributed by atoms with van der Waals surface area (Å²) in [5.74, 6) is 0. The minimum absolute atomic E-state index is 0.0151. The lowest BCUT2D eigenvalue weighted by molar-refractivity contribution is -0.384. The maximum atomic E-state index is 12.4. The third-order valence-electron chi connectivity index (χ3n) is 3.53. The van der Waals surface area contributed by atoms with E-state index in [-0.39, 0.29) is 16.3 Å². The van der Waals surface area contributed by atoms with Crippen molar-refractivity contribution in [1.82, 2.24) is 0 Å². The first-order chi connectivity index (χ1) is 12.0. The van der Waals surface area contributed by atoms with Crippen LogP contribution in [0.15, 0.2) is 83.8 Å². The SMILES string of the molecule is O=[N+]([O-])c1cccc([N-]S(=O)(=O)c2ccc(-c3ccccc3)cc2)c1. The first-order valence-electron chi connectivity index (χ1n) is 7.34. The molecule has 0 fully saturated rings. The molecule has 0 aromatic heterocycles. The number of hydrogen-bond donors (Lipinski definition) is 0. The minimum Gasteiger partial charge on any atom is -0.573 e. The van der Waals surface area contributed by atoms with Crippen molar-refractivity contribution >= 4 is 21.4 Å². The standard InChI is InChI=1S/C18H13N2O4S/c21-20(22)17-8-4-7-16(13-17)19-25(23,24)18-11-9-15(10-12-18)14-5-2-1-3-6-14/h1-13H/q-1. The number of rotatable bonds is 5. The van der Waals surface area contributed by atoms with Gasteiger partial charge in [-0.3, -0.25) is 10.1 Å². The maximum absolute atomic E-state index is 12.4. The molecule has 25 heavy (non-hydrogen) atoms. The molecule has 0 radical (unpaired) electrons. The Morgan fingerprint density at radius 1 is 0.800 bits per heavy atom. The van der Waals surface area contributed by atoms with Crippen LogP contribution in [-0.4, -0.2) is 13.3 Å². The van der Waals surface area contributed by atoms with Gasteiger partial charge >= 0.3 is 0 Å². The number of sulfonamides is 1. The molecule has 126 valence electrons. The van der Waals surface area contributed by atoms with Crippen LogP contribution in [0.3, 0.4) is 0 Å². The van der Waals surface area contributed by atoms with Crippen LogP contribution in [-0.2, 0) is 10.0 Å². The normalized spacial score (nSPS) is 11.0. The Morgan fingerprint density at radius 3 is 2.08 bits per heavy atom. The summed E-state index contributed by atoms with van der Waals surface area (Å²) in [6.07, 6.45) is 0. The van der Waals surface area contributed by atoms with E-state index in [1.807, 2.05) is 30.3 Å². The third kappa shape index (κ3) is 3.84. The Kier molecular flexibility index (Phi) is 4.49. The summed E-state index contributed by atoms with van der Waals surface area (Å²) in [5, 5.41) is 10.8. The second-order valence-electron chi connectivity index (χ2n) is 5.23. The van der Waals surface area contributed by atoms with Gasteiger partial charge in [0.25, 0.3) is 5.69 Å². The van der Waals surface area contributed by atoms with Gasteiger partial charge in [-0.25, -0.2) is 8.42 Å². The molecule has 0 bridgehead atoms. The Hall–Kier alpha value is -3.19. The van der Waals surface area contributed by atoms with E-state index in [0.717, 1.165) is 17.2 Å². The van der Waals surface area contributed by atoms with E-state index in [0.29, 0.717) is 0 Å². The van der Waals surface area contributed by atoms with Gasteiger partial charge in [0.05, 0.1) is 9.82 Å². The van der Waals surface area contributed by atoms with Gasteiger partial charge in [-0.15, -0.1) is 5.69 Å². The highest BCUT2D eigenvalue weighted by Crippen LogP contribution is 2.31. The second-order valence-corrected chi connectivity index (χ2v) is 6.84. The molecular formula is C18H13N2O4S-. The van der Waals surface area contributed by atoms with Crippen molar-refractivity contribution < 1.29 is 13.3 Å². The fourth-order valence-electron chi connectivity index (χ4n) is 2.30. The average Bonchev–Trinajstić information content (AvgIpc) is 2.62. The lowest BCUT2D eigenvalue weighted by Crippen LogP contribution is -1.98. The number of nitrogens with zero attached hydrogens (tertiary/aromatic N) is 2. The van der Waals surface area contributed by atoms with Gasteiger partial charge in [0.15, 0.2) is 0 Å². The predicted octanol–water partition coefficient (Wildman–Crippen LogP) is 4.66. The van der Waals surface area contributed by atoms with Crippen LogP contribution in [0.5, 0.6) is 0 Å². The van der Waals surface area contributed by atoms with Crippen LogP contribution in [0, 0.1) is 10.1 Å². The van der Waals surface area contributed by atoms with Gasteiger partial charge in [-0.2, -0.15) is 0 Å². The molecule has 3 rings (SSSR count). The predicted molar refractivity (Wildman–Crippen MR) is 95.2 cm³/mol. The molecule has 6 nitrogen and oxygen atoms in total. The Balaban J connectivity index is 1.85. The molecule has 0 unspecified atom stereocenters. The van der Waals surface area contributed by atoms with Gasteiger partial charge in [0.1, 0.15) is 10.0 Å². The maximum Gasteiger partial charge on any atom is 0.268 e. The average molecular weight is 353 g/mol. The number of non-ortho nitro benzene ring substituents is 1. The molecule has 7 heteroatoms. The molecule has 0 heterocycles. The zero-order chi connectivity index (χ0) is 17.9. The molecule has 0 spiro atoms. The molecule has 0 saturated heterocycles. The van der Waals surface area contributed by atoms with E-state index in [1.165, 1.54) is 30.3 Å². The first-order valence-corrected chi connectivity index (χ1v) is 8.78. The Morgan fingerprint density at radius 2 is 1.44 bits per heavy atom. The zero-order valence-corrected chi connectivity index (χ0v) is 13.8. The van der Waals surface area contributed by atoms with E-state index >= 15 is 0 Å². The van der Waals surface area contributed by atoms with Crippen molar-refractivity contribution in [1.29, 1.82) is 0 Å². The van der Waals surface area contributed by atoms with Crippen LogP contribution >= 0.6 is 0 Å². The number of benzene rings is 3. The van der Waals surface area contributed by atoms with Crippen LogP contribution in [0.25, 0.3) is 15.8 Å². The van der Waals surface area contributed by atoms with Crippen molar-refractivity contribution in [3.05, 3.63) is 93.7 Å². The van der Waals surface area contributed by atoms with Gasteiger partial charge in [0, 0.05) is 12.1 Å². The zero-order valence-electron chi connectivity index (χ0n) is 12.9. The molecular weight excluding hydrogens is 340 g/mol. The van der Waals surface area contributed by atoms with E-state index in [4.69, 9.17) is 0 Å². The smallest absolute Gasteiger partial charge is 0.268 e. The molecule has 0 saturated carbocycles. The van der Waals surface area contributed by atoms with Crippen LogP contribution in [0.1, 0.15) is 0 Å². The fourth-order valence-corrected chi connectivity index (χ4v) is 3.28. The van der Waals surface area contributed by atoms with Gasteiger partial charge in [-0.05, 0) is 23.3 Å². The van der Waals surface area contributed by atoms with Crippen molar-refractivity contribution in [3.63, 3.8) is 0 Å². The third-order valence-corrected chi connectivity index (χ3v) is 4.84. The molecule has 0 atom stereocenters. The second kappa shape index (κ2) is 6.74. The van der Waals surface area contributed by atoms with Crippen molar-refractivity contribution in [2.45, 2.75) is 4.90 Å². The summed E-state index contributed by atoms with van der Waals surface area (Å²) >= 11 is 0. The van der Waals surface area contributed by atoms with Gasteiger partial charge in [0.2, 0.25) is 0 Å². The van der Waals surface area contributed by atoms with Crippen LogP contribution in [0.4, 0.5) is 11.4 Å². The first kappa shape index (κ1) is 16.7. The molecule has 0 aliphatic rings. The molecule has 0 N–H and O–H groups in total. The van der Waals surface area contributed by atoms with Gasteiger partial charge < -0.3 is 4.72 Å². The highest BCUT2D eigenvalue weighted by Gasteiger charge is 2.08. The fraction of sp³-hybridized carbons (Fsp3) is 0. The van der Waals surface area contributed by atoms with Gasteiger partial charge in [-0.1, -0.05) is 54.6 Å². The topological polar surface area (TPSA) is 91.4 Å². The molecule has 3 aromatic carbocycles. The summed E-state index contributed by atoms with van der Waals surface area (Å²) in [5.41, 5.74) is 1.66. The highest BCUT2D eigenvalue weighted by atomic mass is 32.2. The lowest BCUT2D eigenvalue weighted by atomic mass is 10.1. The van der Waals surface area contributed by atoms with Crippen molar-refractivity contribution in [2.75, 3.05) is 0 Å². The number of hydrogen-bond acceptors (Lipinski definition) is 4. The van der Waals surface area contributed by atoms with Crippen molar-refractivity contribution in [3.8, 4) is 11.1 Å². The largest absolute Gasteiger partial charge is 0.573 e. The number of nitro groups is 1. The van der Waals surface area contributed by atoms with Crippen LogP contribution < -0.4 is 0 Å². The van der Waals surface area contributed by atoms with Crippen LogP contribution in [0.2, 0.25) is 0 Å². The molecule has 0 aliphatic carbocycles. The summed E-state index contributed by atoms with van der Waals surface area (Å²) in [7, 11) is -3.95. The van der Waals surface area contributed by atoms with E-state index < -0.39 is 14.9 Å². The molecule has 3 aromatic rings. The van der Waals surface area contributed by atoms with E-state index in [9.17, 15) is 18.5 Å². The van der Waals surface area contributed by atoms with Crippen molar-refractivity contribution in [2.24, 2.45) is 0 Å². The van der Waals surface area contributed by atoms with E-state index in [1.54, 1.807) is 12.1 Å². The molecule has 0 aliphatic heterocycles. The Bertz CT molecular complexity index is 1000. The highest BCUT2D eigenvalue weighted by molar-refractivity contribution is 7.94. The molecule has 0 amide bonds. The summed E-state index contributed by atoms with van der Waals surface area (Å²) in [6, 6.07) is 21.1. The van der Waals surface area contributed by atoms with E-state index in [2.05, 4.69) is 4.72 Å². The number of nitro benzene ring substituents is 1. The summed E-state index contributed by atoms with van der Waals surface area (Å²) in [4.78, 5) is 10.2. The minimum atomic E-state index is -3.95. The summed E-state index contributed by atoms with van der Waals surface area (Å²) in [6.45, 7) is 0. The summed E-state index contributed by atoms with van der Waals surface area (Å²) < 4.78 is 28.5. The lowest BCUT2D eigenvalue weighted by Gasteiger charge is -2.21. The Labute approximate surface area is 145 Å².